The number of aromatic amines is 1. The monoisotopic (exact) mass is 260 g/mol. The molecule has 1 amide bonds. The number of amides is 1. The molecule has 19 heavy (non-hydrogen) atoms. The van der Waals surface area contributed by atoms with Gasteiger partial charge in [-0.2, -0.15) is 0 Å². The Morgan fingerprint density at radius 2 is 2.16 bits per heavy atom. The number of pyridine rings is 1. The van der Waals surface area contributed by atoms with E-state index in [0.29, 0.717) is 18.5 Å². The van der Waals surface area contributed by atoms with Gasteiger partial charge in [0.15, 0.2) is 0 Å². The number of aromatic nitrogens is 3. The van der Waals surface area contributed by atoms with E-state index in [1.54, 1.807) is 12.5 Å². The average molecular weight is 260 g/mol. The lowest BCUT2D eigenvalue weighted by Gasteiger charge is -2.04. The second-order valence-electron chi connectivity index (χ2n) is 3.82. The molecule has 98 valence electrons. The van der Waals surface area contributed by atoms with Gasteiger partial charge in [0, 0.05) is 31.1 Å². The van der Waals surface area contributed by atoms with Crippen LogP contribution >= 0.6 is 0 Å². The number of carbonyl (C=O) groups excluding carboxylic acids is 1. The molecule has 0 saturated heterocycles. The highest BCUT2D eigenvalue weighted by molar-refractivity contribution is 5.94. The number of rotatable bonds is 5. The fourth-order valence-corrected chi connectivity index (χ4v) is 1.49. The zero-order valence-electron chi connectivity index (χ0n) is 9.96. The summed E-state index contributed by atoms with van der Waals surface area (Å²) in [6.45, 7) is 0.460. The van der Waals surface area contributed by atoms with Crippen LogP contribution < -0.4 is 5.32 Å². The number of aromatic carboxylic acids is 1. The maximum atomic E-state index is 11.7. The van der Waals surface area contributed by atoms with Gasteiger partial charge in [0.2, 0.25) is 0 Å². The van der Waals surface area contributed by atoms with Crippen molar-refractivity contribution in [1.82, 2.24) is 20.3 Å². The summed E-state index contributed by atoms with van der Waals surface area (Å²) >= 11 is 0. The summed E-state index contributed by atoms with van der Waals surface area (Å²) in [7, 11) is 0. The van der Waals surface area contributed by atoms with Crippen LogP contribution in [0, 0.1) is 0 Å². The molecule has 0 fully saturated rings. The van der Waals surface area contributed by atoms with Crippen LogP contribution in [-0.4, -0.2) is 38.5 Å². The van der Waals surface area contributed by atoms with Crippen molar-refractivity contribution in [3.05, 3.63) is 47.8 Å². The van der Waals surface area contributed by atoms with E-state index in [0.717, 1.165) is 5.69 Å². The number of H-pyrrole nitrogens is 1. The van der Waals surface area contributed by atoms with Crippen LogP contribution in [0.5, 0.6) is 0 Å². The number of hydrogen-bond donors (Lipinski definition) is 3. The van der Waals surface area contributed by atoms with Gasteiger partial charge in [0.1, 0.15) is 5.69 Å². The maximum Gasteiger partial charge on any atom is 0.354 e. The summed E-state index contributed by atoms with van der Waals surface area (Å²) < 4.78 is 0. The van der Waals surface area contributed by atoms with E-state index in [-0.39, 0.29) is 11.6 Å². The minimum absolute atomic E-state index is 0.0889. The Bertz CT molecular complexity index is 563. The Morgan fingerprint density at radius 1 is 1.32 bits per heavy atom. The Balaban J connectivity index is 1.87. The molecule has 2 rings (SSSR count). The molecule has 0 bridgehead atoms. The first-order chi connectivity index (χ1) is 9.16. The summed E-state index contributed by atoms with van der Waals surface area (Å²) in [6.07, 6.45) is 5.16. The van der Waals surface area contributed by atoms with E-state index in [4.69, 9.17) is 5.11 Å². The number of imidazole rings is 1. The Kier molecular flexibility index (Phi) is 3.87. The first-order valence-electron chi connectivity index (χ1n) is 5.61. The van der Waals surface area contributed by atoms with Crippen molar-refractivity contribution in [3.8, 4) is 0 Å². The average Bonchev–Trinajstić information content (AvgIpc) is 2.92. The molecule has 0 unspecified atom stereocenters. The van der Waals surface area contributed by atoms with Gasteiger partial charge < -0.3 is 15.4 Å². The second kappa shape index (κ2) is 5.76. The van der Waals surface area contributed by atoms with Crippen molar-refractivity contribution >= 4 is 11.9 Å². The van der Waals surface area contributed by atoms with Gasteiger partial charge in [-0.3, -0.25) is 4.79 Å². The lowest BCUT2D eigenvalue weighted by atomic mass is 10.2. The minimum atomic E-state index is -1.12. The number of nitrogens with one attached hydrogen (secondary N) is 2. The molecule has 7 nitrogen and oxygen atoms in total. The van der Waals surface area contributed by atoms with Crippen molar-refractivity contribution in [2.45, 2.75) is 6.42 Å². The molecule has 0 aliphatic heterocycles. The van der Waals surface area contributed by atoms with Crippen molar-refractivity contribution < 1.29 is 14.7 Å². The van der Waals surface area contributed by atoms with Crippen LogP contribution in [0.1, 0.15) is 26.5 Å². The van der Waals surface area contributed by atoms with E-state index in [9.17, 15) is 9.59 Å². The molecule has 3 N–H and O–H groups in total. The number of carboxylic acids is 1. The van der Waals surface area contributed by atoms with Gasteiger partial charge in [-0.15, -0.1) is 0 Å². The highest BCUT2D eigenvalue weighted by Gasteiger charge is 2.08. The fourth-order valence-electron chi connectivity index (χ4n) is 1.49. The van der Waals surface area contributed by atoms with Gasteiger partial charge in [-0.1, -0.05) is 0 Å². The first kappa shape index (κ1) is 12.7. The standard InChI is InChI=1S/C12H12N4O3/c17-11(14-4-3-9-6-13-7-16-9)8-1-2-10(12(18)19)15-5-8/h1-2,5-7H,3-4H2,(H,13,16)(H,14,17)(H,18,19). The van der Waals surface area contributed by atoms with E-state index in [1.165, 1.54) is 18.3 Å². The molecule has 0 atom stereocenters. The zero-order valence-corrected chi connectivity index (χ0v) is 9.96. The maximum absolute atomic E-state index is 11.7. The molecular formula is C12H12N4O3. The van der Waals surface area contributed by atoms with Crippen molar-refractivity contribution in [2.75, 3.05) is 6.54 Å². The Labute approximate surface area is 108 Å². The topological polar surface area (TPSA) is 108 Å². The molecule has 0 aliphatic rings. The van der Waals surface area contributed by atoms with E-state index in [1.807, 2.05) is 0 Å². The summed E-state index contributed by atoms with van der Waals surface area (Å²) in [5.74, 6) is -1.41. The number of carbonyl (C=O) groups is 2. The van der Waals surface area contributed by atoms with Gasteiger partial charge in [-0.25, -0.2) is 14.8 Å². The molecule has 0 saturated carbocycles. The summed E-state index contributed by atoms with van der Waals surface area (Å²) in [5, 5.41) is 11.4. The van der Waals surface area contributed by atoms with Gasteiger partial charge in [0.05, 0.1) is 11.9 Å². The van der Waals surface area contributed by atoms with Crippen LogP contribution in [0.15, 0.2) is 30.9 Å². The van der Waals surface area contributed by atoms with Crippen LogP contribution in [0.2, 0.25) is 0 Å². The molecule has 2 aromatic heterocycles. The van der Waals surface area contributed by atoms with Crippen LogP contribution in [0.4, 0.5) is 0 Å². The molecule has 7 heteroatoms. The van der Waals surface area contributed by atoms with Gasteiger partial charge >= 0.3 is 5.97 Å². The highest BCUT2D eigenvalue weighted by atomic mass is 16.4. The smallest absolute Gasteiger partial charge is 0.354 e. The summed E-state index contributed by atoms with van der Waals surface area (Å²) in [4.78, 5) is 32.8. The van der Waals surface area contributed by atoms with Crippen molar-refractivity contribution in [3.63, 3.8) is 0 Å². The van der Waals surface area contributed by atoms with Crippen LogP contribution in [0.3, 0.4) is 0 Å². The Hall–Kier alpha value is -2.70. The van der Waals surface area contributed by atoms with Crippen LogP contribution in [-0.2, 0) is 6.42 Å². The summed E-state index contributed by atoms with van der Waals surface area (Å²) in [5.41, 5.74) is 1.17. The molecule has 0 aromatic carbocycles. The molecular weight excluding hydrogens is 248 g/mol. The number of carboxylic acid groups (broad SMARTS) is 1. The predicted octanol–water partition coefficient (Wildman–Crippen LogP) is 0.475. The second-order valence-corrected chi connectivity index (χ2v) is 3.82. The van der Waals surface area contributed by atoms with E-state index in [2.05, 4.69) is 20.3 Å². The quantitative estimate of drug-likeness (QED) is 0.724. The van der Waals surface area contributed by atoms with E-state index < -0.39 is 5.97 Å². The third kappa shape index (κ3) is 3.38. The van der Waals surface area contributed by atoms with Crippen LogP contribution in [0.25, 0.3) is 0 Å². The molecule has 2 aromatic rings. The van der Waals surface area contributed by atoms with Gasteiger partial charge in [-0.05, 0) is 12.1 Å². The largest absolute Gasteiger partial charge is 0.477 e. The molecule has 0 spiro atoms. The number of hydrogen-bond acceptors (Lipinski definition) is 4. The zero-order chi connectivity index (χ0) is 13.7. The lowest BCUT2D eigenvalue weighted by molar-refractivity contribution is 0.0689. The molecule has 0 aliphatic carbocycles. The van der Waals surface area contributed by atoms with E-state index >= 15 is 0 Å². The fraction of sp³-hybridized carbons (Fsp3) is 0.167. The first-order valence-corrected chi connectivity index (χ1v) is 5.61. The summed E-state index contributed by atoms with van der Waals surface area (Å²) in [6, 6.07) is 2.73. The highest BCUT2D eigenvalue weighted by Crippen LogP contribution is 2.00. The van der Waals surface area contributed by atoms with Gasteiger partial charge in [0.25, 0.3) is 5.91 Å². The molecule has 0 radical (unpaired) electrons. The molecule has 2 heterocycles. The SMILES string of the molecule is O=C(NCCc1cnc[nH]1)c1ccc(C(=O)O)nc1. The lowest BCUT2D eigenvalue weighted by Crippen LogP contribution is -2.26. The third-order valence-electron chi connectivity index (χ3n) is 2.48. The number of nitrogens with zero attached hydrogens (tertiary/aromatic N) is 2. The minimum Gasteiger partial charge on any atom is -0.477 e. The third-order valence-corrected chi connectivity index (χ3v) is 2.48. The van der Waals surface area contributed by atoms with Crippen molar-refractivity contribution in [1.29, 1.82) is 0 Å². The normalized spacial score (nSPS) is 10.1. The Morgan fingerprint density at radius 3 is 2.74 bits per heavy atom. The predicted molar refractivity (Wildman–Crippen MR) is 65.8 cm³/mol. The van der Waals surface area contributed by atoms with Crippen molar-refractivity contribution in [2.24, 2.45) is 0 Å².